The van der Waals surface area contributed by atoms with Crippen molar-refractivity contribution in [2.75, 3.05) is 19.6 Å². The number of hydrogen-bond acceptors (Lipinski definition) is 3. The fourth-order valence-electron chi connectivity index (χ4n) is 3.72. The first-order valence-corrected chi connectivity index (χ1v) is 8.73. The number of rotatable bonds is 5. The lowest BCUT2D eigenvalue weighted by atomic mass is 9.93. The average Bonchev–Trinajstić information content (AvgIpc) is 3.24. The van der Waals surface area contributed by atoms with Crippen molar-refractivity contribution >= 4 is 10.9 Å². The van der Waals surface area contributed by atoms with Gasteiger partial charge in [0.15, 0.2) is 0 Å². The van der Waals surface area contributed by atoms with Crippen molar-refractivity contribution in [3.8, 4) is 0 Å². The Balaban J connectivity index is 1.31. The van der Waals surface area contributed by atoms with E-state index in [1.165, 1.54) is 16.6 Å². The summed E-state index contributed by atoms with van der Waals surface area (Å²) in [5.74, 6) is 0.594. The molecule has 1 aliphatic heterocycles. The fraction of sp³-hybridized carbons (Fsp3) is 0.421. The molecule has 0 amide bonds. The van der Waals surface area contributed by atoms with E-state index < -0.39 is 0 Å². The zero-order valence-electron chi connectivity index (χ0n) is 13.8. The van der Waals surface area contributed by atoms with E-state index in [1.807, 2.05) is 12.3 Å². The second-order valence-corrected chi connectivity index (χ2v) is 6.77. The molecule has 0 saturated carbocycles. The molecule has 1 unspecified atom stereocenters. The molecule has 1 aliphatic rings. The quantitative estimate of drug-likeness (QED) is 0.758. The topological polar surface area (TPSA) is 57.1 Å². The summed E-state index contributed by atoms with van der Waals surface area (Å²) in [5.41, 5.74) is 2.58. The summed E-state index contributed by atoms with van der Waals surface area (Å²) in [6, 6.07) is 12.6. The SMILES string of the molecule is OC(CN1CCC(c2cc3ccccc3[nH]2)CC1)Cn1cccn1. The molecule has 5 heteroatoms. The zero-order chi connectivity index (χ0) is 16.4. The summed E-state index contributed by atoms with van der Waals surface area (Å²) < 4.78 is 1.79. The van der Waals surface area contributed by atoms with Crippen molar-refractivity contribution in [3.63, 3.8) is 0 Å². The Morgan fingerprint density at radius 3 is 2.75 bits per heavy atom. The van der Waals surface area contributed by atoms with Gasteiger partial charge in [-0.05, 0) is 49.5 Å². The van der Waals surface area contributed by atoms with Crippen molar-refractivity contribution in [1.29, 1.82) is 0 Å². The van der Waals surface area contributed by atoms with Gasteiger partial charge in [0.1, 0.15) is 0 Å². The van der Waals surface area contributed by atoms with E-state index in [-0.39, 0.29) is 6.10 Å². The molecule has 0 spiro atoms. The predicted octanol–water partition coefficient (Wildman–Crippen LogP) is 2.60. The van der Waals surface area contributed by atoms with Gasteiger partial charge in [-0.1, -0.05) is 18.2 Å². The van der Waals surface area contributed by atoms with E-state index >= 15 is 0 Å². The molecule has 24 heavy (non-hydrogen) atoms. The minimum absolute atomic E-state index is 0.366. The van der Waals surface area contributed by atoms with Gasteiger partial charge < -0.3 is 15.0 Å². The lowest BCUT2D eigenvalue weighted by molar-refractivity contribution is 0.0821. The van der Waals surface area contributed by atoms with Gasteiger partial charge in [0, 0.05) is 36.1 Å². The van der Waals surface area contributed by atoms with Crippen LogP contribution >= 0.6 is 0 Å². The Hall–Kier alpha value is -2.11. The third-order valence-electron chi connectivity index (χ3n) is 5.00. The minimum Gasteiger partial charge on any atom is -0.390 e. The van der Waals surface area contributed by atoms with Gasteiger partial charge in [-0.25, -0.2) is 0 Å². The maximum Gasteiger partial charge on any atom is 0.0862 e. The number of benzene rings is 1. The summed E-state index contributed by atoms with van der Waals surface area (Å²) in [6.45, 7) is 3.36. The Labute approximate surface area is 141 Å². The van der Waals surface area contributed by atoms with Crippen molar-refractivity contribution in [1.82, 2.24) is 19.7 Å². The number of aliphatic hydroxyl groups excluding tert-OH is 1. The third-order valence-corrected chi connectivity index (χ3v) is 5.00. The van der Waals surface area contributed by atoms with Crippen LogP contribution in [0.5, 0.6) is 0 Å². The molecule has 0 radical (unpaired) electrons. The number of H-pyrrole nitrogens is 1. The Morgan fingerprint density at radius 2 is 2.00 bits per heavy atom. The summed E-state index contributed by atoms with van der Waals surface area (Å²) >= 11 is 0. The second kappa shape index (κ2) is 6.79. The first kappa shape index (κ1) is 15.4. The molecule has 126 valence electrons. The highest BCUT2D eigenvalue weighted by molar-refractivity contribution is 5.80. The molecule has 0 bridgehead atoms. The molecule has 2 N–H and O–H groups in total. The van der Waals surface area contributed by atoms with Crippen molar-refractivity contribution in [2.24, 2.45) is 0 Å². The smallest absolute Gasteiger partial charge is 0.0862 e. The van der Waals surface area contributed by atoms with Crippen LogP contribution < -0.4 is 0 Å². The van der Waals surface area contributed by atoms with Crippen LogP contribution in [0.3, 0.4) is 0 Å². The van der Waals surface area contributed by atoms with Gasteiger partial charge in [-0.3, -0.25) is 4.68 Å². The summed E-state index contributed by atoms with van der Waals surface area (Å²) in [5, 5.41) is 15.7. The molecule has 2 aromatic heterocycles. The lowest BCUT2D eigenvalue weighted by Crippen LogP contribution is -2.39. The number of β-amino-alcohol motifs (C(OH)–C–C–N with tert-alkyl or cyclic N) is 1. The number of piperidine rings is 1. The molecule has 3 aromatic rings. The predicted molar refractivity (Wildman–Crippen MR) is 94.9 cm³/mol. The first-order chi connectivity index (χ1) is 11.8. The van der Waals surface area contributed by atoms with Crippen LogP contribution in [0.1, 0.15) is 24.5 Å². The number of likely N-dealkylation sites (tertiary alicyclic amines) is 1. The number of aromatic nitrogens is 3. The molecule has 1 saturated heterocycles. The van der Waals surface area contributed by atoms with Crippen LogP contribution in [-0.2, 0) is 6.54 Å². The zero-order valence-corrected chi connectivity index (χ0v) is 13.8. The van der Waals surface area contributed by atoms with Crippen LogP contribution in [0, 0.1) is 0 Å². The third kappa shape index (κ3) is 3.37. The molecule has 1 aromatic carbocycles. The number of nitrogens with zero attached hydrogens (tertiary/aromatic N) is 3. The van der Waals surface area contributed by atoms with Gasteiger partial charge >= 0.3 is 0 Å². The van der Waals surface area contributed by atoms with Crippen molar-refractivity contribution in [2.45, 2.75) is 31.4 Å². The van der Waals surface area contributed by atoms with Crippen LogP contribution in [0.2, 0.25) is 0 Å². The summed E-state index contributed by atoms with van der Waals surface area (Å²) in [7, 11) is 0. The molecule has 0 aliphatic carbocycles. The van der Waals surface area contributed by atoms with E-state index in [0.717, 1.165) is 32.5 Å². The lowest BCUT2D eigenvalue weighted by Gasteiger charge is -2.32. The highest BCUT2D eigenvalue weighted by Gasteiger charge is 2.23. The van der Waals surface area contributed by atoms with E-state index in [1.54, 1.807) is 10.9 Å². The van der Waals surface area contributed by atoms with Crippen LogP contribution in [-0.4, -0.2) is 50.5 Å². The van der Waals surface area contributed by atoms with Gasteiger partial charge in [-0.2, -0.15) is 5.10 Å². The Morgan fingerprint density at radius 1 is 1.17 bits per heavy atom. The van der Waals surface area contributed by atoms with Gasteiger partial charge in [0.2, 0.25) is 0 Å². The molecule has 1 atom stereocenters. The molecular formula is C19H24N4O. The summed E-state index contributed by atoms with van der Waals surface area (Å²) in [4.78, 5) is 5.94. The monoisotopic (exact) mass is 324 g/mol. The number of hydrogen-bond donors (Lipinski definition) is 2. The molecule has 3 heterocycles. The van der Waals surface area contributed by atoms with E-state index in [4.69, 9.17) is 0 Å². The first-order valence-electron chi connectivity index (χ1n) is 8.73. The number of nitrogens with one attached hydrogen (secondary N) is 1. The number of aliphatic hydroxyl groups is 1. The minimum atomic E-state index is -0.366. The highest BCUT2D eigenvalue weighted by atomic mass is 16.3. The maximum absolute atomic E-state index is 10.2. The number of fused-ring (bicyclic) bond motifs is 1. The fourth-order valence-corrected chi connectivity index (χ4v) is 3.72. The summed E-state index contributed by atoms with van der Waals surface area (Å²) in [6.07, 6.45) is 5.56. The maximum atomic E-state index is 10.2. The molecule has 1 fully saturated rings. The van der Waals surface area contributed by atoms with E-state index in [9.17, 15) is 5.11 Å². The van der Waals surface area contributed by atoms with E-state index in [2.05, 4.69) is 45.3 Å². The molecule has 5 nitrogen and oxygen atoms in total. The van der Waals surface area contributed by atoms with Crippen LogP contribution in [0.25, 0.3) is 10.9 Å². The molecule has 4 rings (SSSR count). The van der Waals surface area contributed by atoms with E-state index in [0.29, 0.717) is 12.5 Å². The molecular weight excluding hydrogens is 300 g/mol. The second-order valence-electron chi connectivity index (χ2n) is 6.77. The van der Waals surface area contributed by atoms with Gasteiger partial charge in [-0.15, -0.1) is 0 Å². The van der Waals surface area contributed by atoms with Crippen molar-refractivity contribution in [3.05, 3.63) is 54.5 Å². The average molecular weight is 324 g/mol. The largest absolute Gasteiger partial charge is 0.390 e. The normalized spacial score (nSPS) is 18.2. The standard InChI is InChI=1S/C19H24N4O/c24-17(14-23-9-3-8-20-23)13-22-10-6-15(7-11-22)19-12-16-4-1-2-5-18(16)21-19/h1-5,8-9,12,15,17,21,24H,6-7,10-11,13-14H2. The number of aromatic amines is 1. The highest BCUT2D eigenvalue weighted by Crippen LogP contribution is 2.29. The van der Waals surface area contributed by atoms with Crippen LogP contribution in [0.15, 0.2) is 48.8 Å². The van der Waals surface area contributed by atoms with Crippen LogP contribution in [0.4, 0.5) is 0 Å². The van der Waals surface area contributed by atoms with Crippen molar-refractivity contribution < 1.29 is 5.11 Å². The van der Waals surface area contributed by atoms with Gasteiger partial charge in [0.05, 0.1) is 12.6 Å². The Bertz CT molecular complexity index is 739. The van der Waals surface area contributed by atoms with Gasteiger partial charge in [0.25, 0.3) is 0 Å². The number of para-hydroxylation sites is 1. The Kier molecular flexibility index (Phi) is 4.36.